The van der Waals surface area contributed by atoms with E-state index in [0.717, 1.165) is 12.8 Å². The molecule has 0 heterocycles. The van der Waals surface area contributed by atoms with E-state index in [1.165, 1.54) is 53.3 Å². The third-order valence-corrected chi connectivity index (χ3v) is 6.77. The summed E-state index contributed by atoms with van der Waals surface area (Å²) in [7, 11) is 0. The van der Waals surface area contributed by atoms with Crippen LogP contribution in [0, 0.1) is 13.0 Å². The minimum Gasteiger partial charge on any atom is -1.00 e. The van der Waals surface area contributed by atoms with Crippen molar-refractivity contribution in [2.24, 2.45) is 0 Å². The van der Waals surface area contributed by atoms with Gasteiger partial charge in [-0.05, 0) is 28.4 Å². The molecule has 0 fully saturated rings. The minimum absolute atomic E-state index is 0. The molecule has 0 unspecified atom stereocenters. The zero-order valence-corrected chi connectivity index (χ0v) is 30.7. The average Bonchev–Trinajstić information content (AvgIpc) is 3.31. The first-order valence-corrected chi connectivity index (χ1v) is 15.1. The first-order valence-electron chi connectivity index (χ1n) is 13.8. The van der Waals surface area contributed by atoms with E-state index in [1.807, 2.05) is 0 Å². The number of aryl methyl sites for hydroxylation is 2. The second kappa shape index (κ2) is 14.8. The Morgan fingerprint density at radius 1 is 0.821 bits per heavy atom. The van der Waals surface area contributed by atoms with Gasteiger partial charge in [0, 0.05) is 0 Å². The third-order valence-electron chi connectivity index (χ3n) is 6.77. The van der Waals surface area contributed by atoms with Crippen molar-refractivity contribution in [3.05, 3.63) is 87.5 Å². The van der Waals surface area contributed by atoms with Gasteiger partial charge >= 0.3 is 41.3 Å². The van der Waals surface area contributed by atoms with Crippen LogP contribution in [-0.2, 0) is 53.3 Å². The number of benzene rings is 2. The quantitative estimate of drug-likeness (QED) is 0.275. The molecular formula is C36H50Cl2Zr-2. The molecule has 0 saturated heterocycles. The maximum atomic E-state index is 3.67. The van der Waals surface area contributed by atoms with E-state index in [1.54, 1.807) is 24.2 Å². The second-order valence-electron chi connectivity index (χ2n) is 13.9. The van der Waals surface area contributed by atoms with Crippen LogP contribution < -0.4 is 24.8 Å². The van der Waals surface area contributed by atoms with E-state index in [9.17, 15) is 0 Å². The summed E-state index contributed by atoms with van der Waals surface area (Å²) in [6, 6.07) is 19.8. The number of halogens is 2. The molecule has 0 N–H and O–H groups in total. The van der Waals surface area contributed by atoms with Crippen LogP contribution in [-0.4, -0.2) is 3.21 Å². The summed E-state index contributed by atoms with van der Waals surface area (Å²) in [5.41, 5.74) is 13.4. The maximum absolute atomic E-state index is 3.67. The molecule has 0 bridgehead atoms. The molecule has 1 aliphatic rings. The number of rotatable bonds is 1. The molecule has 3 aromatic carbocycles. The summed E-state index contributed by atoms with van der Waals surface area (Å²) in [5, 5.41) is 0. The van der Waals surface area contributed by atoms with E-state index in [2.05, 4.69) is 139 Å². The summed E-state index contributed by atoms with van der Waals surface area (Å²) in [6.45, 7) is 29.1. The Balaban J connectivity index is 0.000000687. The molecule has 3 aromatic rings. The van der Waals surface area contributed by atoms with Crippen LogP contribution in [0.3, 0.4) is 0 Å². The van der Waals surface area contributed by atoms with Crippen LogP contribution in [0.25, 0.3) is 11.1 Å². The van der Waals surface area contributed by atoms with Crippen LogP contribution in [0.4, 0.5) is 0 Å². The SMILES string of the molecule is CC(C)(C)c1[c-]c2c(cc1)-c1ccc(C(C)(C)C)cc1C2.CCc1[cH-]c(C)cc1C(C)(C)C.C[C](C)=[Zr+2].[Cl-].[Cl-]. The summed E-state index contributed by atoms with van der Waals surface area (Å²) < 4.78 is 1.51. The van der Waals surface area contributed by atoms with Gasteiger partial charge in [-0.1, -0.05) is 112 Å². The fourth-order valence-corrected chi connectivity index (χ4v) is 4.73. The molecule has 0 radical (unpaired) electrons. The van der Waals surface area contributed by atoms with Crippen molar-refractivity contribution in [3.8, 4) is 11.1 Å². The van der Waals surface area contributed by atoms with Crippen LogP contribution in [0.5, 0.6) is 0 Å². The molecule has 4 rings (SSSR count). The predicted octanol–water partition coefficient (Wildman–Crippen LogP) is 3.98. The Morgan fingerprint density at radius 3 is 1.79 bits per heavy atom. The molecule has 1 aliphatic carbocycles. The fourth-order valence-electron chi connectivity index (χ4n) is 4.73. The van der Waals surface area contributed by atoms with Crippen LogP contribution in [0.15, 0.2) is 42.5 Å². The van der Waals surface area contributed by atoms with E-state index < -0.39 is 0 Å². The zero-order chi connectivity index (χ0) is 28.3. The van der Waals surface area contributed by atoms with Gasteiger partial charge in [0.15, 0.2) is 0 Å². The van der Waals surface area contributed by atoms with Gasteiger partial charge in [0.2, 0.25) is 0 Å². The topological polar surface area (TPSA) is 0 Å². The van der Waals surface area contributed by atoms with E-state index in [4.69, 9.17) is 0 Å². The molecule has 0 aromatic heterocycles. The number of fused-ring (bicyclic) bond motifs is 3. The molecule has 0 nitrogen and oxygen atoms in total. The first-order chi connectivity index (χ1) is 16.8. The Kier molecular flexibility index (Phi) is 14.5. The van der Waals surface area contributed by atoms with Crippen molar-refractivity contribution in [1.82, 2.24) is 0 Å². The van der Waals surface area contributed by atoms with Crippen molar-refractivity contribution in [2.75, 3.05) is 0 Å². The summed E-state index contributed by atoms with van der Waals surface area (Å²) >= 11 is 1.55. The molecule has 214 valence electrons. The zero-order valence-electron chi connectivity index (χ0n) is 26.7. The standard InChI is InChI=1S/C21H25.C12H19.C3H6.2ClH.Zr/c1-20(2,3)16-7-9-18-14(12-16)11-15-13-17(21(4,5)6)8-10-19(15)18;1-6-10-7-9(2)8-11(10)12(3,4)5;1-3-2;;;/h7-10,12H,11H2,1-6H3;7-8H,6H2,1-5H3;1-2H3;2*1H;/q2*-1;;;;+2/p-2. The third kappa shape index (κ3) is 10.8. The Labute approximate surface area is 268 Å². The molecule has 0 atom stereocenters. The second-order valence-corrected chi connectivity index (χ2v) is 16.3. The van der Waals surface area contributed by atoms with Crippen LogP contribution in [0.2, 0.25) is 0 Å². The van der Waals surface area contributed by atoms with Gasteiger partial charge in [0.05, 0.1) is 0 Å². The van der Waals surface area contributed by atoms with Crippen molar-refractivity contribution in [2.45, 2.75) is 119 Å². The van der Waals surface area contributed by atoms with Gasteiger partial charge in [0.25, 0.3) is 0 Å². The van der Waals surface area contributed by atoms with E-state index >= 15 is 0 Å². The molecule has 39 heavy (non-hydrogen) atoms. The van der Waals surface area contributed by atoms with E-state index in [0.29, 0.717) is 5.41 Å². The Morgan fingerprint density at radius 2 is 1.36 bits per heavy atom. The largest absolute Gasteiger partial charge is 1.00 e. The molecule has 0 saturated carbocycles. The monoisotopic (exact) mass is 642 g/mol. The van der Waals surface area contributed by atoms with Gasteiger partial charge in [-0.3, -0.25) is 0 Å². The van der Waals surface area contributed by atoms with Gasteiger partial charge in [-0.2, -0.15) is 46.5 Å². The molecular weight excluding hydrogens is 595 g/mol. The molecule has 0 spiro atoms. The minimum atomic E-state index is 0. The van der Waals surface area contributed by atoms with Gasteiger partial charge in [0.1, 0.15) is 0 Å². The van der Waals surface area contributed by atoms with Crippen molar-refractivity contribution < 1.29 is 49.0 Å². The predicted molar refractivity (Wildman–Crippen MR) is 162 cm³/mol. The van der Waals surface area contributed by atoms with Crippen LogP contribution >= 0.6 is 0 Å². The van der Waals surface area contributed by atoms with Crippen LogP contribution in [0.1, 0.15) is 122 Å². The fraction of sp³-hybridized carbons (Fsp3) is 0.500. The van der Waals surface area contributed by atoms with Crippen molar-refractivity contribution >= 4 is 3.21 Å². The summed E-state index contributed by atoms with van der Waals surface area (Å²) in [4.78, 5) is 0. The van der Waals surface area contributed by atoms with Gasteiger partial charge in [-0.25, -0.2) is 6.07 Å². The normalized spacial score (nSPS) is 12.0. The number of hydrogen-bond donors (Lipinski definition) is 0. The van der Waals surface area contributed by atoms with Crippen molar-refractivity contribution in [1.29, 1.82) is 0 Å². The smallest absolute Gasteiger partial charge is 1.00 e. The Bertz CT molecular complexity index is 1160. The van der Waals surface area contributed by atoms with Gasteiger partial charge < -0.3 is 24.8 Å². The molecule has 0 amide bonds. The molecule has 3 heteroatoms. The average molecular weight is 645 g/mol. The summed E-state index contributed by atoms with van der Waals surface area (Å²) in [6.07, 6.45) is 2.18. The van der Waals surface area contributed by atoms with Crippen molar-refractivity contribution in [3.63, 3.8) is 0 Å². The Hall–Kier alpha value is -0.877. The van der Waals surface area contributed by atoms with Gasteiger partial charge in [-0.15, -0.1) is 11.1 Å². The maximum Gasteiger partial charge on any atom is -1.00 e. The molecule has 0 aliphatic heterocycles. The van der Waals surface area contributed by atoms with E-state index in [-0.39, 0.29) is 35.6 Å². The summed E-state index contributed by atoms with van der Waals surface area (Å²) in [5.74, 6) is 0. The first kappa shape index (κ1) is 38.1. The number of hydrogen-bond acceptors (Lipinski definition) is 0.